The average molecular weight is 189 g/mol. The fourth-order valence-corrected chi connectivity index (χ4v) is 1.05. The molecule has 66 valence electrons. The summed E-state index contributed by atoms with van der Waals surface area (Å²) in [4.78, 5) is 11.2. The fourth-order valence-electron chi connectivity index (χ4n) is 0.748. The van der Waals surface area contributed by atoms with Gasteiger partial charge in [-0.15, -0.1) is 0 Å². The average Bonchev–Trinajstić information content (AvgIpc) is 2.00. The Balaban J connectivity index is 3.37. The number of anilines is 1. The first-order chi connectivity index (χ1) is 5.54. The third-order valence-electron chi connectivity index (χ3n) is 1.44. The first kappa shape index (κ1) is 9.02. The third kappa shape index (κ3) is 1.41. The van der Waals surface area contributed by atoms with Crippen LogP contribution in [0.2, 0.25) is 5.02 Å². The highest BCUT2D eigenvalue weighted by Gasteiger charge is 2.08. The molecule has 0 saturated heterocycles. The Kier molecular flexibility index (Phi) is 2.35. The molecular formula is C6H9ClN4O. The predicted octanol–water partition coefficient (Wildman–Crippen LogP) is -0.256. The molecule has 0 aliphatic rings. The lowest BCUT2D eigenvalue weighted by Crippen LogP contribution is -2.29. The van der Waals surface area contributed by atoms with Crippen molar-refractivity contribution in [3.8, 4) is 0 Å². The van der Waals surface area contributed by atoms with Gasteiger partial charge < -0.3 is 5.01 Å². The summed E-state index contributed by atoms with van der Waals surface area (Å²) in [6.45, 7) is 0. The maximum absolute atomic E-state index is 11.2. The number of halogens is 1. The lowest BCUT2D eigenvalue weighted by atomic mass is 10.4. The van der Waals surface area contributed by atoms with Crippen molar-refractivity contribution in [1.82, 2.24) is 9.78 Å². The van der Waals surface area contributed by atoms with Gasteiger partial charge in [0, 0.05) is 14.1 Å². The highest BCUT2D eigenvalue weighted by Crippen LogP contribution is 2.16. The molecule has 0 aliphatic heterocycles. The van der Waals surface area contributed by atoms with Gasteiger partial charge in [0.05, 0.1) is 11.9 Å². The van der Waals surface area contributed by atoms with E-state index in [9.17, 15) is 4.79 Å². The Hall–Kier alpha value is -1.07. The standard InChI is InChI=1S/C6H9ClN4O/c1-10(8)4-3-9-11(2)6(12)5(4)7/h3H,8H2,1-2H3. The molecule has 5 nitrogen and oxygen atoms in total. The summed E-state index contributed by atoms with van der Waals surface area (Å²) >= 11 is 5.70. The number of nitrogens with zero attached hydrogens (tertiary/aromatic N) is 3. The SMILES string of the molecule is CN(N)c1cnn(C)c(=O)c1Cl. The van der Waals surface area contributed by atoms with Gasteiger partial charge in [-0.2, -0.15) is 5.10 Å². The maximum Gasteiger partial charge on any atom is 0.287 e. The summed E-state index contributed by atoms with van der Waals surface area (Å²) in [6.07, 6.45) is 1.43. The van der Waals surface area contributed by atoms with Gasteiger partial charge in [-0.1, -0.05) is 11.6 Å². The number of aryl methyl sites for hydroxylation is 1. The number of rotatable bonds is 1. The van der Waals surface area contributed by atoms with Crippen molar-refractivity contribution in [2.75, 3.05) is 12.1 Å². The van der Waals surface area contributed by atoms with E-state index in [-0.39, 0.29) is 10.6 Å². The number of hydrogen-bond acceptors (Lipinski definition) is 4. The van der Waals surface area contributed by atoms with Crippen LogP contribution < -0.4 is 16.4 Å². The Bertz CT molecular complexity index is 346. The van der Waals surface area contributed by atoms with Crippen molar-refractivity contribution in [2.45, 2.75) is 0 Å². The number of nitrogens with two attached hydrogens (primary N) is 1. The van der Waals surface area contributed by atoms with E-state index in [2.05, 4.69) is 5.10 Å². The second-order valence-electron chi connectivity index (χ2n) is 2.38. The van der Waals surface area contributed by atoms with Crippen LogP contribution in [-0.2, 0) is 7.05 Å². The molecule has 1 heterocycles. The van der Waals surface area contributed by atoms with Crippen LogP contribution in [0.4, 0.5) is 5.69 Å². The molecule has 0 aliphatic carbocycles. The van der Waals surface area contributed by atoms with E-state index in [1.54, 1.807) is 7.05 Å². The summed E-state index contributed by atoms with van der Waals surface area (Å²) in [6, 6.07) is 0. The Morgan fingerprint density at radius 1 is 1.75 bits per heavy atom. The third-order valence-corrected chi connectivity index (χ3v) is 1.80. The van der Waals surface area contributed by atoms with E-state index in [0.717, 1.165) is 4.68 Å². The minimum atomic E-state index is -0.355. The molecule has 1 aromatic heterocycles. The first-order valence-corrected chi connectivity index (χ1v) is 3.62. The van der Waals surface area contributed by atoms with Crippen molar-refractivity contribution < 1.29 is 0 Å². The maximum atomic E-state index is 11.2. The normalized spacial score (nSPS) is 10.0. The van der Waals surface area contributed by atoms with Gasteiger partial charge in [0.2, 0.25) is 0 Å². The van der Waals surface area contributed by atoms with Gasteiger partial charge in [-0.05, 0) is 0 Å². The highest BCUT2D eigenvalue weighted by molar-refractivity contribution is 6.32. The monoisotopic (exact) mass is 188 g/mol. The minimum Gasteiger partial charge on any atom is -0.311 e. The van der Waals surface area contributed by atoms with Crippen molar-refractivity contribution in [2.24, 2.45) is 12.9 Å². The summed E-state index contributed by atoms with van der Waals surface area (Å²) in [5.41, 5.74) is 0.0613. The molecule has 0 saturated carbocycles. The van der Waals surface area contributed by atoms with Crippen LogP contribution in [0.5, 0.6) is 0 Å². The van der Waals surface area contributed by atoms with E-state index >= 15 is 0 Å². The zero-order valence-electron chi connectivity index (χ0n) is 6.78. The summed E-state index contributed by atoms with van der Waals surface area (Å²) in [5.74, 6) is 5.39. The Morgan fingerprint density at radius 3 is 2.83 bits per heavy atom. The molecule has 0 atom stereocenters. The quantitative estimate of drug-likeness (QED) is 0.488. The van der Waals surface area contributed by atoms with Gasteiger partial charge in [0.25, 0.3) is 5.56 Å². The lowest BCUT2D eigenvalue weighted by Gasteiger charge is -2.12. The molecule has 0 fully saturated rings. The predicted molar refractivity (Wildman–Crippen MR) is 47.1 cm³/mol. The summed E-state index contributed by atoms with van der Waals surface area (Å²) in [7, 11) is 3.11. The molecule has 0 bridgehead atoms. The summed E-state index contributed by atoms with van der Waals surface area (Å²) < 4.78 is 1.15. The Labute approximate surface area is 74.3 Å². The molecular weight excluding hydrogens is 180 g/mol. The van der Waals surface area contributed by atoms with E-state index in [0.29, 0.717) is 5.69 Å². The molecule has 1 aromatic rings. The zero-order chi connectivity index (χ0) is 9.30. The molecule has 0 aromatic carbocycles. The van der Waals surface area contributed by atoms with E-state index < -0.39 is 0 Å². The molecule has 0 radical (unpaired) electrons. The second kappa shape index (κ2) is 3.12. The van der Waals surface area contributed by atoms with Crippen LogP contribution in [-0.4, -0.2) is 16.8 Å². The van der Waals surface area contributed by atoms with Gasteiger partial charge in [0.15, 0.2) is 0 Å². The van der Waals surface area contributed by atoms with Crippen LogP contribution in [0.3, 0.4) is 0 Å². The van der Waals surface area contributed by atoms with E-state index in [4.69, 9.17) is 17.4 Å². The van der Waals surface area contributed by atoms with Gasteiger partial charge in [-0.25, -0.2) is 10.5 Å². The smallest absolute Gasteiger partial charge is 0.287 e. The van der Waals surface area contributed by atoms with Gasteiger partial charge in [0.1, 0.15) is 5.02 Å². The van der Waals surface area contributed by atoms with Crippen molar-refractivity contribution >= 4 is 17.3 Å². The number of hydrogen-bond donors (Lipinski definition) is 1. The van der Waals surface area contributed by atoms with E-state index in [1.807, 2.05) is 0 Å². The van der Waals surface area contributed by atoms with Crippen molar-refractivity contribution in [3.63, 3.8) is 0 Å². The zero-order valence-corrected chi connectivity index (χ0v) is 7.54. The second-order valence-corrected chi connectivity index (χ2v) is 2.76. The van der Waals surface area contributed by atoms with Crippen LogP contribution in [0.1, 0.15) is 0 Å². The summed E-state index contributed by atoms with van der Waals surface area (Å²) in [5, 5.41) is 5.09. The first-order valence-electron chi connectivity index (χ1n) is 3.24. The molecule has 12 heavy (non-hydrogen) atoms. The van der Waals surface area contributed by atoms with Crippen LogP contribution in [0, 0.1) is 0 Å². The highest BCUT2D eigenvalue weighted by atomic mass is 35.5. The fraction of sp³-hybridized carbons (Fsp3) is 0.333. The molecule has 6 heteroatoms. The van der Waals surface area contributed by atoms with Crippen LogP contribution in [0.25, 0.3) is 0 Å². The van der Waals surface area contributed by atoms with E-state index in [1.165, 1.54) is 18.3 Å². The molecule has 1 rings (SSSR count). The van der Waals surface area contributed by atoms with Crippen molar-refractivity contribution in [3.05, 3.63) is 21.6 Å². The number of aromatic nitrogens is 2. The van der Waals surface area contributed by atoms with Gasteiger partial charge in [-0.3, -0.25) is 4.79 Å². The largest absolute Gasteiger partial charge is 0.311 e. The molecule has 0 spiro atoms. The van der Waals surface area contributed by atoms with Crippen LogP contribution in [0.15, 0.2) is 11.0 Å². The lowest BCUT2D eigenvalue weighted by molar-refractivity contribution is 0.705. The van der Waals surface area contributed by atoms with Gasteiger partial charge >= 0.3 is 0 Å². The molecule has 0 unspecified atom stereocenters. The van der Waals surface area contributed by atoms with Crippen molar-refractivity contribution in [1.29, 1.82) is 0 Å². The molecule has 0 amide bonds. The topological polar surface area (TPSA) is 64.2 Å². The Morgan fingerprint density at radius 2 is 2.33 bits per heavy atom. The van der Waals surface area contributed by atoms with Crippen LogP contribution >= 0.6 is 11.6 Å². The molecule has 2 N–H and O–H groups in total. The minimum absolute atomic E-state index is 0.0810. The number of hydrazine groups is 1.